The van der Waals surface area contributed by atoms with Gasteiger partial charge < -0.3 is 4.74 Å². The molecule has 1 heterocycles. The number of nitrogens with one attached hydrogen (secondary N) is 1. The molecule has 52 valence electrons. The van der Waals surface area contributed by atoms with E-state index in [0.29, 0.717) is 19.6 Å². The maximum absolute atomic E-state index is 10.7. The Bertz CT molecular complexity index is 118. The molecule has 0 radical (unpaired) electrons. The molecule has 1 rings (SSSR count). The number of ether oxygens (including phenoxy) is 1. The summed E-state index contributed by atoms with van der Waals surface area (Å²) < 4.78 is 4.96. The van der Waals surface area contributed by atoms with Crippen LogP contribution in [0.3, 0.4) is 0 Å². The van der Waals surface area contributed by atoms with Gasteiger partial charge in [-0.1, -0.05) is 9.39 Å². The maximum Gasteiger partial charge on any atom is 0.160 e. The van der Waals surface area contributed by atoms with Crippen LogP contribution in [0, 0.1) is 0 Å². The SMILES string of the molecule is O=C1COC[C@@H](NP)C1. The van der Waals surface area contributed by atoms with Crippen molar-refractivity contribution in [3.05, 3.63) is 0 Å². The molecule has 1 aliphatic heterocycles. The maximum atomic E-state index is 10.7. The third-order valence-electron chi connectivity index (χ3n) is 1.29. The third-order valence-corrected chi connectivity index (χ3v) is 1.76. The molecule has 1 saturated heterocycles. The lowest BCUT2D eigenvalue weighted by Crippen LogP contribution is -2.35. The first-order valence-electron chi connectivity index (χ1n) is 2.88. The zero-order valence-corrected chi connectivity index (χ0v) is 6.25. The van der Waals surface area contributed by atoms with Crippen LogP contribution < -0.4 is 5.09 Å². The molecule has 1 N–H and O–H groups in total. The van der Waals surface area contributed by atoms with Crippen molar-refractivity contribution in [2.45, 2.75) is 12.5 Å². The van der Waals surface area contributed by atoms with Crippen molar-refractivity contribution in [1.29, 1.82) is 0 Å². The second-order valence-electron chi connectivity index (χ2n) is 2.12. The van der Waals surface area contributed by atoms with Gasteiger partial charge in [-0.3, -0.25) is 9.88 Å². The van der Waals surface area contributed by atoms with Crippen LogP contribution in [0.25, 0.3) is 0 Å². The molecule has 3 nitrogen and oxygen atoms in total. The predicted octanol–water partition coefficient (Wildman–Crippen LogP) is -0.276. The van der Waals surface area contributed by atoms with E-state index >= 15 is 0 Å². The molecule has 0 aromatic rings. The summed E-state index contributed by atoms with van der Waals surface area (Å²) in [5.41, 5.74) is 0. The van der Waals surface area contributed by atoms with Gasteiger partial charge in [0.25, 0.3) is 0 Å². The predicted molar refractivity (Wildman–Crippen MR) is 37.1 cm³/mol. The van der Waals surface area contributed by atoms with Gasteiger partial charge in [0.1, 0.15) is 6.61 Å². The third kappa shape index (κ3) is 2.01. The Balaban J connectivity index is 2.32. The molecule has 0 bridgehead atoms. The Labute approximate surface area is 56.4 Å². The Kier molecular flexibility index (Phi) is 2.58. The van der Waals surface area contributed by atoms with Gasteiger partial charge in [-0.15, -0.1) is 0 Å². The number of hydrogen-bond donors (Lipinski definition) is 1. The minimum atomic E-state index is 0.182. The molecule has 0 aliphatic carbocycles. The lowest BCUT2D eigenvalue weighted by Gasteiger charge is -2.19. The second kappa shape index (κ2) is 3.25. The summed E-state index contributed by atoms with van der Waals surface area (Å²) in [6.07, 6.45) is 0.601. The Morgan fingerprint density at radius 2 is 2.56 bits per heavy atom. The smallest absolute Gasteiger partial charge is 0.160 e. The topological polar surface area (TPSA) is 38.3 Å². The molecule has 0 aromatic carbocycles. The van der Waals surface area contributed by atoms with Crippen molar-refractivity contribution in [3.8, 4) is 0 Å². The molecule has 1 fully saturated rings. The number of ketones is 1. The standard InChI is InChI=1S/C5H10NO2P/c7-5-1-4(6-9)2-8-3-5/h4,6H,1-3,9H2/t4-/m0/s1. The lowest BCUT2D eigenvalue weighted by molar-refractivity contribution is -0.128. The molecule has 1 aliphatic rings. The summed E-state index contributed by atoms with van der Waals surface area (Å²) in [6, 6.07) is 0.205. The van der Waals surface area contributed by atoms with E-state index in [1.807, 2.05) is 0 Å². The van der Waals surface area contributed by atoms with Crippen molar-refractivity contribution < 1.29 is 9.53 Å². The first-order valence-corrected chi connectivity index (χ1v) is 3.46. The van der Waals surface area contributed by atoms with Crippen molar-refractivity contribution >= 4 is 15.2 Å². The van der Waals surface area contributed by atoms with Crippen molar-refractivity contribution in [2.24, 2.45) is 0 Å². The normalized spacial score (nSPS) is 28.6. The average molecular weight is 147 g/mol. The van der Waals surface area contributed by atoms with Crippen LogP contribution in [0.15, 0.2) is 0 Å². The minimum Gasteiger partial charge on any atom is -0.372 e. The minimum absolute atomic E-state index is 0.182. The zero-order chi connectivity index (χ0) is 6.69. The van der Waals surface area contributed by atoms with Crippen molar-refractivity contribution in [3.63, 3.8) is 0 Å². The van der Waals surface area contributed by atoms with E-state index in [0.717, 1.165) is 0 Å². The van der Waals surface area contributed by atoms with Gasteiger partial charge in [0, 0.05) is 12.5 Å². The highest BCUT2D eigenvalue weighted by atomic mass is 31.0. The Hall–Kier alpha value is 0.0200. The van der Waals surface area contributed by atoms with Crippen LogP contribution in [-0.4, -0.2) is 25.0 Å². The summed E-state index contributed by atoms with van der Waals surface area (Å²) in [6.45, 7) is 0.943. The highest BCUT2D eigenvalue weighted by molar-refractivity contribution is 7.13. The zero-order valence-electron chi connectivity index (χ0n) is 5.09. The van der Waals surface area contributed by atoms with Gasteiger partial charge in [0.05, 0.1) is 6.61 Å². The van der Waals surface area contributed by atoms with Crippen molar-refractivity contribution in [2.75, 3.05) is 13.2 Å². The molecule has 9 heavy (non-hydrogen) atoms. The highest BCUT2D eigenvalue weighted by Crippen LogP contribution is 2.03. The summed E-state index contributed by atoms with van der Waals surface area (Å²) >= 11 is 0. The summed E-state index contributed by atoms with van der Waals surface area (Å²) in [7, 11) is 2.38. The van der Waals surface area contributed by atoms with E-state index in [1.54, 1.807) is 0 Å². The van der Waals surface area contributed by atoms with E-state index in [9.17, 15) is 4.79 Å². The first-order chi connectivity index (χ1) is 4.33. The Morgan fingerprint density at radius 1 is 1.78 bits per heavy atom. The second-order valence-corrected chi connectivity index (χ2v) is 2.45. The number of hydrogen-bond acceptors (Lipinski definition) is 3. The molecular formula is C5H10NO2P. The fraction of sp³-hybridized carbons (Fsp3) is 0.800. The molecule has 4 heteroatoms. The first kappa shape index (κ1) is 7.13. The molecule has 0 amide bonds. The van der Waals surface area contributed by atoms with Crippen LogP contribution in [0.2, 0.25) is 0 Å². The van der Waals surface area contributed by atoms with Gasteiger partial charge in [-0.05, 0) is 0 Å². The van der Waals surface area contributed by atoms with Crippen LogP contribution >= 0.6 is 9.39 Å². The van der Waals surface area contributed by atoms with E-state index in [2.05, 4.69) is 14.5 Å². The molecule has 0 aromatic heterocycles. The van der Waals surface area contributed by atoms with E-state index in [4.69, 9.17) is 4.74 Å². The van der Waals surface area contributed by atoms with Crippen LogP contribution in [0.4, 0.5) is 0 Å². The van der Waals surface area contributed by atoms with Gasteiger partial charge in [0.2, 0.25) is 0 Å². The van der Waals surface area contributed by atoms with E-state index in [1.165, 1.54) is 0 Å². The number of rotatable bonds is 1. The summed E-state index contributed by atoms with van der Waals surface area (Å²) in [4.78, 5) is 10.7. The average Bonchev–Trinajstić information content (AvgIpc) is 1.88. The number of carbonyl (C=O) groups is 1. The fourth-order valence-electron chi connectivity index (χ4n) is 0.815. The van der Waals surface area contributed by atoms with Crippen LogP contribution in [0.5, 0.6) is 0 Å². The number of carbonyl (C=O) groups excluding carboxylic acids is 1. The fourth-order valence-corrected chi connectivity index (χ4v) is 1.03. The van der Waals surface area contributed by atoms with Crippen molar-refractivity contribution in [1.82, 2.24) is 5.09 Å². The van der Waals surface area contributed by atoms with Crippen LogP contribution in [-0.2, 0) is 9.53 Å². The van der Waals surface area contributed by atoms with Gasteiger partial charge in [-0.25, -0.2) is 0 Å². The van der Waals surface area contributed by atoms with Gasteiger partial charge in [-0.2, -0.15) is 0 Å². The molecule has 2 atom stereocenters. The summed E-state index contributed by atoms with van der Waals surface area (Å²) in [5.74, 6) is 0.182. The van der Waals surface area contributed by atoms with Gasteiger partial charge >= 0.3 is 0 Å². The molecule has 0 saturated carbocycles. The van der Waals surface area contributed by atoms with Crippen LogP contribution in [0.1, 0.15) is 6.42 Å². The quantitative estimate of drug-likeness (QED) is 0.518. The molecule has 1 unspecified atom stereocenters. The lowest BCUT2D eigenvalue weighted by atomic mass is 10.1. The monoisotopic (exact) mass is 147 g/mol. The highest BCUT2D eigenvalue weighted by Gasteiger charge is 2.17. The molecule has 0 spiro atoms. The largest absolute Gasteiger partial charge is 0.372 e. The van der Waals surface area contributed by atoms with Gasteiger partial charge in [0.15, 0.2) is 5.78 Å². The van der Waals surface area contributed by atoms with E-state index < -0.39 is 0 Å². The summed E-state index contributed by atoms with van der Waals surface area (Å²) in [5, 5.41) is 2.91. The number of Topliss-reactive ketones (excluding diaryl/α,β-unsaturated/α-hetero) is 1. The van der Waals surface area contributed by atoms with E-state index in [-0.39, 0.29) is 11.8 Å². The Morgan fingerprint density at radius 3 is 3.00 bits per heavy atom. The molecular weight excluding hydrogens is 137 g/mol.